The van der Waals surface area contributed by atoms with Gasteiger partial charge in [0, 0.05) is 43.0 Å². The van der Waals surface area contributed by atoms with Gasteiger partial charge in [-0.1, -0.05) is 32.3 Å². The van der Waals surface area contributed by atoms with Gasteiger partial charge in [-0.15, -0.1) is 0 Å². The highest BCUT2D eigenvalue weighted by Gasteiger charge is 2.31. The molecule has 0 aliphatic carbocycles. The highest BCUT2D eigenvalue weighted by atomic mass is 19.4. The highest BCUT2D eigenvalue weighted by molar-refractivity contribution is 6.01. The summed E-state index contributed by atoms with van der Waals surface area (Å²) < 4.78 is 39.5. The molecule has 0 radical (unpaired) electrons. The maximum absolute atomic E-state index is 13.2. The number of non-ortho nitro benzene ring substituents is 1. The minimum atomic E-state index is -4.59. The van der Waals surface area contributed by atoms with E-state index in [-0.39, 0.29) is 36.1 Å². The van der Waals surface area contributed by atoms with Gasteiger partial charge < -0.3 is 10.6 Å². The van der Waals surface area contributed by atoms with Crippen LogP contribution in [0.1, 0.15) is 44.6 Å². The molecule has 0 saturated carbocycles. The average Bonchev–Trinajstić information content (AvgIpc) is 2.79. The molecule has 0 unspecified atom stereocenters. The van der Waals surface area contributed by atoms with Crippen molar-refractivity contribution in [3.05, 3.63) is 64.2 Å². The van der Waals surface area contributed by atoms with Gasteiger partial charge in [-0.25, -0.2) is 4.79 Å². The molecule has 0 atom stereocenters. The zero-order chi connectivity index (χ0) is 25.1. The summed E-state index contributed by atoms with van der Waals surface area (Å²) in [4.78, 5) is 36.2. The van der Waals surface area contributed by atoms with Gasteiger partial charge in [-0.05, 0) is 36.8 Å². The lowest BCUT2D eigenvalue weighted by Crippen LogP contribution is -2.41. The topological polar surface area (TPSA) is 105 Å². The van der Waals surface area contributed by atoms with Gasteiger partial charge in [0.2, 0.25) is 5.91 Å². The van der Waals surface area contributed by atoms with Crippen molar-refractivity contribution < 1.29 is 27.7 Å². The van der Waals surface area contributed by atoms with Crippen molar-refractivity contribution in [3.8, 4) is 0 Å². The summed E-state index contributed by atoms with van der Waals surface area (Å²) in [6.45, 7) is 2.02. The maximum Gasteiger partial charge on any atom is 0.416 e. The van der Waals surface area contributed by atoms with E-state index in [1.165, 1.54) is 36.4 Å². The molecular weight excluding hydrogens is 453 g/mol. The van der Waals surface area contributed by atoms with Crippen LogP contribution < -0.4 is 15.5 Å². The van der Waals surface area contributed by atoms with Crippen molar-refractivity contribution in [1.29, 1.82) is 0 Å². The maximum atomic E-state index is 13.2. The van der Waals surface area contributed by atoms with Gasteiger partial charge in [0.1, 0.15) is 0 Å². The van der Waals surface area contributed by atoms with Crippen LogP contribution in [-0.4, -0.2) is 30.0 Å². The van der Waals surface area contributed by atoms with Gasteiger partial charge in [-0.3, -0.25) is 19.8 Å². The third-order valence-corrected chi connectivity index (χ3v) is 4.97. The summed E-state index contributed by atoms with van der Waals surface area (Å²) in [7, 11) is 0. The molecular formula is C23H27F3N4O4. The quantitative estimate of drug-likeness (QED) is 0.243. The molecule has 3 amide bonds. The number of nitrogens with zero attached hydrogens (tertiary/aromatic N) is 2. The Hall–Kier alpha value is -3.63. The van der Waals surface area contributed by atoms with Crippen LogP contribution in [0.3, 0.4) is 0 Å². The SMILES string of the molecule is CCCCCCC(=O)NCCN(C(=O)Nc1ccc([N+](=O)[O-])cc1)c1cccc(C(F)(F)F)c1. The first kappa shape index (κ1) is 26.6. The second-order valence-corrected chi connectivity index (χ2v) is 7.59. The molecule has 0 saturated heterocycles. The van der Waals surface area contributed by atoms with E-state index in [9.17, 15) is 32.9 Å². The first-order valence-electron chi connectivity index (χ1n) is 10.9. The summed E-state index contributed by atoms with van der Waals surface area (Å²) in [5.41, 5.74) is -0.869. The number of nitro benzene ring substituents is 1. The van der Waals surface area contributed by atoms with Crippen LogP contribution in [0.5, 0.6) is 0 Å². The number of nitro groups is 1. The number of nitrogens with one attached hydrogen (secondary N) is 2. The number of urea groups is 1. The van der Waals surface area contributed by atoms with Crippen LogP contribution in [0.25, 0.3) is 0 Å². The molecule has 2 rings (SSSR count). The second kappa shape index (κ2) is 12.6. The Balaban J connectivity index is 2.13. The lowest BCUT2D eigenvalue weighted by atomic mass is 10.1. The number of halogens is 3. The first-order valence-corrected chi connectivity index (χ1v) is 10.9. The van der Waals surface area contributed by atoms with Crippen LogP contribution in [0.2, 0.25) is 0 Å². The molecule has 0 fully saturated rings. The standard InChI is InChI=1S/C23H27F3N4O4/c1-2-3-4-5-9-21(31)27-14-15-29(20-8-6-7-17(16-20)23(24,25)26)22(32)28-18-10-12-19(13-11-18)30(33)34/h6-8,10-13,16H,2-5,9,14-15H2,1H3,(H,27,31)(H,28,32). The summed E-state index contributed by atoms with van der Waals surface area (Å²) in [6.07, 6.45) is -0.534. The lowest BCUT2D eigenvalue weighted by molar-refractivity contribution is -0.384. The second-order valence-electron chi connectivity index (χ2n) is 7.59. The van der Waals surface area contributed by atoms with E-state index in [1.54, 1.807) is 0 Å². The zero-order valence-corrected chi connectivity index (χ0v) is 18.7. The zero-order valence-electron chi connectivity index (χ0n) is 18.7. The molecule has 11 heteroatoms. The highest BCUT2D eigenvalue weighted by Crippen LogP contribution is 2.31. The van der Waals surface area contributed by atoms with E-state index in [0.29, 0.717) is 6.42 Å². The number of anilines is 2. The van der Waals surface area contributed by atoms with E-state index < -0.39 is 22.7 Å². The molecule has 0 spiro atoms. The Labute approximate surface area is 195 Å². The van der Waals surface area contributed by atoms with Crippen molar-refractivity contribution >= 4 is 29.0 Å². The number of carbonyl (C=O) groups excluding carboxylic acids is 2. The summed E-state index contributed by atoms with van der Waals surface area (Å²) >= 11 is 0. The molecule has 0 heterocycles. The Bertz CT molecular complexity index is 981. The molecule has 184 valence electrons. The number of unbranched alkanes of at least 4 members (excludes halogenated alkanes) is 3. The molecule has 2 aromatic carbocycles. The molecule has 34 heavy (non-hydrogen) atoms. The van der Waals surface area contributed by atoms with E-state index in [0.717, 1.165) is 42.7 Å². The van der Waals surface area contributed by atoms with Crippen molar-refractivity contribution in [1.82, 2.24) is 5.32 Å². The van der Waals surface area contributed by atoms with Crippen molar-refractivity contribution in [2.24, 2.45) is 0 Å². The fourth-order valence-electron chi connectivity index (χ4n) is 3.16. The van der Waals surface area contributed by atoms with E-state index in [2.05, 4.69) is 17.6 Å². The normalized spacial score (nSPS) is 11.1. The molecule has 0 aliphatic heterocycles. The Morgan fingerprint density at radius 3 is 2.38 bits per heavy atom. The van der Waals surface area contributed by atoms with Crippen LogP contribution in [0.15, 0.2) is 48.5 Å². The van der Waals surface area contributed by atoms with Gasteiger partial charge in [0.15, 0.2) is 0 Å². The minimum Gasteiger partial charge on any atom is -0.354 e. The van der Waals surface area contributed by atoms with Crippen molar-refractivity contribution in [3.63, 3.8) is 0 Å². The Kier molecular flexibility index (Phi) is 9.84. The van der Waals surface area contributed by atoms with Gasteiger partial charge >= 0.3 is 12.2 Å². The van der Waals surface area contributed by atoms with E-state index >= 15 is 0 Å². The van der Waals surface area contributed by atoms with Crippen LogP contribution in [-0.2, 0) is 11.0 Å². The number of alkyl halides is 3. The lowest BCUT2D eigenvalue weighted by Gasteiger charge is -2.24. The van der Waals surface area contributed by atoms with Crippen molar-refractivity contribution in [2.45, 2.75) is 45.2 Å². The fourth-order valence-corrected chi connectivity index (χ4v) is 3.16. The minimum absolute atomic E-state index is 0.00793. The van der Waals surface area contributed by atoms with Gasteiger partial charge in [-0.2, -0.15) is 13.2 Å². The third-order valence-electron chi connectivity index (χ3n) is 4.97. The number of rotatable bonds is 11. The largest absolute Gasteiger partial charge is 0.416 e. The number of amides is 3. The van der Waals surface area contributed by atoms with E-state index in [1.807, 2.05) is 0 Å². The Morgan fingerprint density at radius 2 is 1.76 bits per heavy atom. The number of carbonyl (C=O) groups is 2. The van der Waals surface area contributed by atoms with E-state index in [4.69, 9.17) is 0 Å². The molecule has 2 N–H and O–H groups in total. The molecule has 8 nitrogen and oxygen atoms in total. The molecule has 0 aliphatic rings. The first-order chi connectivity index (χ1) is 16.1. The molecule has 0 aromatic heterocycles. The average molecular weight is 480 g/mol. The monoisotopic (exact) mass is 480 g/mol. The Morgan fingerprint density at radius 1 is 1.06 bits per heavy atom. The van der Waals surface area contributed by atoms with Gasteiger partial charge in [0.05, 0.1) is 10.5 Å². The molecule has 2 aromatic rings. The fraction of sp³-hybridized carbons (Fsp3) is 0.391. The van der Waals surface area contributed by atoms with Gasteiger partial charge in [0.25, 0.3) is 5.69 Å². The number of benzene rings is 2. The van der Waals surface area contributed by atoms with Crippen LogP contribution in [0.4, 0.5) is 35.0 Å². The number of hydrogen-bond acceptors (Lipinski definition) is 4. The predicted molar refractivity (Wildman–Crippen MR) is 123 cm³/mol. The van der Waals surface area contributed by atoms with Crippen molar-refractivity contribution in [2.75, 3.05) is 23.3 Å². The summed E-state index contributed by atoms with van der Waals surface area (Å²) in [5, 5.41) is 16.0. The molecule has 0 bridgehead atoms. The smallest absolute Gasteiger partial charge is 0.354 e. The predicted octanol–water partition coefficient (Wildman–Crippen LogP) is 5.74. The summed E-state index contributed by atoms with van der Waals surface area (Å²) in [5.74, 6) is -0.198. The van der Waals surface area contributed by atoms with Crippen LogP contribution >= 0.6 is 0 Å². The third kappa shape index (κ3) is 8.38. The number of hydrogen-bond donors (Lipinski definition) is 2. The summed E-state index contributed by atoms with van der Waals surface area (Å²) in [6, 6.07) is 8.58. The van der Waals surface area contributed by atoms with Crippen LogP contribution in [0, 0.1) is 10.1 Å².